The monoisotopic (exact) mass is 375 g/mol. The van der Waals surface area contributed by atoms with Crippen molar-refractivity contribution in [2.75, 3.05) is 0 Å². The van der Waals surface area contributed by atoms with Crippen LogP contribution in [0.15, 0.2) is 12.1 Å². The molecule has 2 nitrogen and oxygen atoms in total. The quantitative estimate of drug-likeness (QED) is 0.505. The fourth-order valence-corrected chi connectivity index (χ4v) is 10.0. The number of hydrogen-bond donors (Lipinski definition) is 1. The number of hydrogen-bond acceptors (Lipinski definition) is 2. The van der Waals surface area contributed by atoms with Crippen LogP contribution < -0.4 is 0 Å². The van der Waals surface area contributed by atoms with Crippen molar-refractivity contribution < 1.29 is 9.50 Å². The van der Waals surface area contributed by atoms with Gasteiger partial charge in [-0.15, -0.1) is 5.54 Å². The van der Waals surface area contributed by atoms with Crippen molar-refractivity contribution in [3.63, 3.8) is 0 Å². The highest BCUT2D eigenvalue weighted by atomic mass is 28.3. The maximum atomic E-state index is 14.3. The van der Waals surface area contributed by atoms with Gasteiger partial charge in [-0.3, -0.25) is 0 Å². The van der Waals surface area contributed by atoms with Crippen LogP contribution in [0.4, 0.5) is 4.39 Å². The molecule has 2 rings (SSSR count). The maximum absolute atomic E-state index is 14.3. The van der Waals surface area contributed by atoms with Gasteiger partial charge in [0.15, 0.2) is 0 Å². The lowest BCUT2D eigenvalue weighted by molar-refractivity contribution is 0.103. The zero-order valence-corrected chi connectivity index (χ0v) is 18.1. The van der Waals surface area contributed by atoms with E-state index >= 15 is 0 Å². The van der Waals surface area contributed by atoms with Crippen molar-refractivity contribution in [2.45, 2.75) is 90.0 Å². The Bertz CT molecular complexity index is 647. The number of halogens is 1. The lowest BCUT2D eigenvalue weighted by Gasteiger charge is -2.38. The van der Waals surface area contributed by atoms with Crippen molar-refractivity contribution >= 4 is 8.07 Å². The van der Waals surface area contributed by atoms with Gasteiger partial charge in [-0.2, -0.15) is 0 Å². The molecule has 1 fully saturated rings. The summed E-state index contributed by atoms with van der Waals surface area (Å²) < 4.78 is 14.3. The topological polar surface area (TPSA) is 33.1 Å². The first-order valence-electron chi connectivity index (χ1n) is 10.1. The van der Waals surface area contributed by atoms with E-state index in [0.29, 0.717) is 22.3 Å². The normalized spacial score (nSPS) is 17.0. The van der Waals surface area contributed by atoms with Crippen LogP contribution in [0.2, 0.25) is 16.6 Å². The van der Waals surface area contributed by atoms with E-state index in [9.17, 15) is 9.50 Å². The van der Waals surface area contributed by atoms with Gasteiger partial charge in [-0.25, -0.2) is 9.37 Å². The van der Waals surface area contributed by atoms with Gasteiger partial charge in [-0.05, 0) is 47.5 Å². The zero-order valence-electron chi connectivity index (χ0n) is 17.1. The second kappa shape index (κ2) is 8.67. The Morgan fingerprint density at radius 1 is 1.04 bits per heavy atom. The molecule has 1 unspecified atom stereocenters. The van der Waals surface area contributed by atoms with E-state index in [-0.39, 0.29) is 11.6 Å². The van der Waals surface area contributed by atoms with Gasteiger partial charge >= 0.3 is 0 Å². The van der Waals surface area contributed by atoms with Gasteiger partial charge in [-0.1, -0.05) is 60.3 Å². The first kappa shape index (κ1) is 21.1. The molecule has 0 amide bonds. The van der Waals surface area contributed by atoms with Gasteiger partial charge in [0.2, 0.25) is 0 Å². The molecule has 1 saturated carbocycles. The Kier molecular flexibility index (Phi) is 7.04. The summed E-state index contributed by atoms with van der Waals surface area (Å²) in [4.78, 5) is 4.42. The minimum atomic E-state index is -1.85. The smallest absolute Gasteiger partial charge is 0.147 e. The number of pyridine rings is 1. The van der Waals surface area contributed by atoms with Crippen LogP contribution in [-0.2, 0) is 0 Å². The average molecular weight is 376 g/mol. The predicted octanol–water partition coefficient (Wildman–Crippen LogP) is 6.01. The molecule has 0 aromatic carbocycles. The van der Waals surface area contributed by atoms with Crippen molar-refractivity contribution in [3.05, 3.63) is 29.3 Å². The molecule has 0 saturated heterocycles. The largest absolute Gasteiger partial charge is 0.386 e. The van der Waals surface area contributed by atoms with Crippen LogP contribution in [0.5, 0.6) is 0 Å². The summed E-state index contributed by atoms with van der Waals surface area (Å²) >= 11 is 0. The van der Waals surface area contributed by atoms with Crippen LogP contribution in [0, 0.1) is 23.2 Å². The lowest BCUT2D eigenvalue weighted by Crippen LogP contribution is -2.43. The molecule has 0 radical (unpaired) electrons. The lowest BCUT2D eigenvalue weighted by atomic mass is 9.97. The minimum Gasteiger partial charge on any atom is -0.386 e. The third kappa shape index (κ3) is 4.21. The van der Waals surface area contributed by atoms with E-state index in [1.165, 1.54) is 6.07 Å². The number of rotatable bonds is 5. The highest BCUT2D eigenvalue weighted by Crippen LogP contribution is 2.41. The van der Waals surface area contributed by atoms with Crippen LogP contribution in [0.3, 0.4) is 0 Å². The molecule has 1 aliphatic rings. The van der Waals surface area contributed by atoms with Crippen molar-refractivity contribution in [3.8, 4) is 11.5 Å². The number of aliphatic hydroxyl groups is 1. The Hall–Kier alpha value is -1.18. The Morgan fingerprint density at radius 3 is 2.08 bits per heavy atom. The average Bonchev–Trinajstić information content (AvgIpc) is 3.09. The molecule has 1 aromatic heterocycles. The summed E-state index contributed by atoms with van der Waals surface area (Å²) in [5.41, 5.74) is 6.00. The summed E-state index contributed by atoms with van der Waals surface area (Å²) in [6.07, 6.45) is 3.29. The molecular weight excluding hydrogens is 341 g/mol. The molecule has 0 spiro atoms. The van der Waals surface area contributed by atoms with Crippen LogP contribution >= 0.6 is 0 Å². The molecule has 0 aliphatic heterocycles. The Morgan fingerprint density at radius 2 is 1.58 bits per heavy atom. The van der Waals surface area contributed by atoms with E-state index in [0.717, 1.165) is 25.7 Å². The fourth-order valence-electron chi connectivity index (χ4n) is 4.84. The third-order valence-corrected chi connectivity index (χ3v) is 12.6. The molecule has 1 N–H and O–H groups in total. The highest BCUT2D eigenvalue weighted by molar-refractivity contribution is 6.90. The van der Waals surface area contributed by atoms with Crippen LogP contribution in [-0.4, -0.2) is 18.2 Å². The number of nitrogens with zero attached hydrogens (tertiary/aromatic N) is 1. The molecule has 1 atom stereocenters. The summed E-state index contributed by atoms with van der Waals surface area (Å²) in [6.45, 7) is 13.6. The summed E-state index contributed by atoms with van der Waals surface area (Å²) in [7, 11) is -1.85. The second-order valence-electron chi connectivity index (χ2n) is 8.70. The van der Waals surface area contributed by atoms with Gasteiger partial charge in [0.25, 0.3) is 0 Å². The summed E-state index contributed by atoms with van der Waals surface area (Å²) in [6, 6.07) is 3.06. The third-order valence-electron chi connectivity index (χ3n) is 6.27. The van der Waals surface area contributed by atoms with Gasteiger partial charge in [0.1, 0.15) is 31.4 Å². The molecule has 26 heavy (non-hydrogen) atoms. The standard InChI is InChI=1S/C22H34FNOSi/c1-15(2)26(16(3)4,17(5)6)14-13-19-11-12-20(23)21(24-19)22(25)18-9-7-8-10-18/h11-12,15-18,22,25H,7-10H2,1-6H3. The van der Waals surface area contributed by atoms with Gasteiger partial charge in [0.05, 0.1) is 0 Å². The van der Waals surface area contributed by atoms with E-state index < -0.39 is 20.0 Å². The Balaban J connectivity index is 2.38. The minimum absolute atomic E-state index is 0.121. The number of aliphatic hydroxyl groups excluding tert-OH is 1. The summed E-state index contributed by atoms with van der Waals surface area (Å²) in [5.74, 6) is 2.97. The molecule has 0 bridgehead atoms. The van der Waals surface area contributed by atoms with E-state index in [1.807, 2.05) is 0 Å². The molecular formula is C22H34FNOSi. The fraction of sp³-hybridized carbons (Fsp3) is 0.682. The van der Waals surface area contributed by atoms with Crippen molar-refractivity contribution in [2.24, 2.45) is 5.92 Å². The van der Waals surface area contributed by atoms with Crippen LogP contribution in [0.25, 0.3) is 0 Å². The molecule has 1 aliphatic carbocycles. The van der Waals surface area contributed by atoms with Crippen LogP contribution in [0.1, 0.15) is 84.7 Å². The van der Waals surface area contributed by atoms with Crippen molar-refractivity contribution in [1.29, 1.82) is 0 Å². The van der Waals surface area contributed by atoms with E-state index in [4.69, 9.17) is 0 Å². The predicted molar refractivity (Wildman–Crippen MR) is 109 cm³/mol. The van der Waals surface area contributed by atoms with E-state index in [2.05, 4.69) is 58.0 Å². The van der Waals surface area contributed by atoms with Crippen molar-refractivity contribution in [1.82, 2.24) is 4.98 Å². The van der Waals surface area contributed by atoms with E-state index in [1.54, 1.807) is 6.07 Å². The molecule has 4 heteroatoms. The Labute approximate surface area is 159 Å². The zero-order chi connectivity index (χ0) is 19.5. The first-order valence-corrected chi connectivity index (χ1v) is 12.3. The maximum Gasteiger partial charge on any atom is 0.147 e. The second-order valence-corrected chi connectivity index (χ2v) is 14.3. The molecule has 1 aromatic rings. The summed E-state index contributed by atoms with van der Waals surface area (Å²) in [5, 5.41) is 10.6. The first-order chi connectivity index (χ1) is 12.2. The molecule has 1 heterocycles. The van der Waals surface area contributed by atoms with Gasteiger partial charge in [0, 0.05) is 0 Å². The van der Waals surface area contributed by atoms with Gasteiger partial charge < -0.3 is 5.11 Å². The SMILES string of the molecule is CC(C)[Si](C#Cc1ccc(F)c(C(O)C2CCCC2)n1)(C(C)C)C(C)C. The highest BCUT2D eigenvalue weighted by Gasteiger charge is 2.41. The molecule has 144 valence electrons. The number of aromatic nitrogens is 1.